The Hall–Kier alpha value is -4.73. The number of carbonyl (C=O) groups is 3. The van der Waals surface area contributed by atoms with Crippen LogP contribution in [0.2, 0.25) is 0 Å². The first kappa shape index (κ1) is 24.9. The topological polar surface area (TPSA) is 115 Å². The van der Waals surface area contributed by atoms with Crippen molar-refractivity contribution in [1.29, 1.82) is 0 Å². The fraction of sp³-hybridized carbons (Fsp3) is 0.250. The van der Waals surface area contributed by atoms with E-state index in [1.54, 1.807) is 60.5 Å². The van der Waals surface area contributed by atoms with Crippen LogP contribution in [-0.4, -0.2) is 44.8 Å². The SMILES string of the molecule is COc1cccc(NC(=O)COc2ccc(N3C[C@H](C(=O)NCc4ccc5c(c4)OCO5)CC3=O)cc2)c1. The van der Waals surface area contributed by atoms with Gasteiger partial charge in [-0.2, -0.15) is 0 Å². The number of fused-ring (bicyclic) bond motifs is 1. The van der Waals surface area contributed by atoms with Crippen LogP contribution in [0.25, 0.3) is 0 Å². The maximum Gasteiger partial charge on any atom is 0.262 e. The molecule has 3 aromatic rings. The zero-order chi connectivity index (χ0) is 26.5. The van der Waals surface area contributed by atoms with E-state index in [1.165, 1.54) is 0 Å². The third kappa shape index (κ3) is 5.80. The van der Waals surface area contributed by atoms with Crippen LogP contribution in [0.1, 0.15) is 12.0 Å². The Morgan fingerprint density at radius 1 is 1.00 bits per heavy atom. The first-order valence-electron chi connectivity index (χ1n) is 12.1. The van der Waals surface area contributed by atoms with Crippen LogP contribution in [0.4, 0.5) is 11.4 Å². The second-order valence-corrected chi connectivity index (χ2v) is 8.87. The van der Waals surface area contributed by atoms with E-state index in [-0.39, 0.29) is 44.1 Å². The number of ether oxygens (including phenoxy) is 4. The van der Waals surface area contributed by atoms with Gasteiger partial charge in [-0.1, -0.05) is 12.1 Å². The van der Waals surface area contributed by atoms with E-state index in [9.17, 15) is 14.4 Å². The van der Waals surface area contributed by atoms with Crippen molar-refractivity contribution >= 4 is 29.1 Å². The number of methoxy groups -OCH3 is 1. The monoisotopic (exact) mass is 517 g/mol. The van der Waals surface area contributed by atoms with Crippen molar-refractivity contribution in [2.24, 2.45) is 5.92 Å². The molecule has 2 aliphatic rings. The van der Waals surface area contributed by atoms with E-state index in [0.29, 0.717) is 40.9 Å². The molecule has 0 spiro atoms. The van der Waals surface area contributed by atoms with Gasteiger partial charge in [-0.05, 0) is 54.1 Å². The van der Waals surface area contributed by atoms with Crippen LogP contribution < -0.4 is 34.5 Å². The second kappa shape index (κ2) is 11.1. The van der Waals surface area contributed by atoms with E-state index < -0.39 is 5.92 Å². The van der Waals surface area contributed by atoms with Crippen molar-refractivity contribution in [3.63, 3.8) is 0 Å². The number of nitrogens with one attached hydrogen (secondary N) is 2. The summed E-state index contributed by atoms with van der Waals surface area (Å²) in [6.07, 6.45) is 0.135. The number of rotatable bonds is 9. The number of benzene rings is 3. The van der Waals surface area contributed by atoms with Crippen LogP contribution >= 0.6 is 0 Å². The largest absolute Gasteiger partial charge is 0.497 e. The molecule has 196 valence electrons. The molecule has 1 saturated heterocycles. The molecule has 5 rings (SSSR count). The highest BCUT2D eigenvalue weighted by Gasteiger charge is 2.35. The molecule has 10 heteroatoms. The zero-order valence-corrected chi connectivity index (χ0v) is 20.8. The van der Waals surface area contributed by atoms with Gasteiger partial charge in [-0.3, -0.25) is 14.4 Å². The van der Waals surface area contributed by atoms with Crippen LogP contribution in [0, 0.1) is 5.92 Å². The molecule has 1 fully saturated rings. The molecule has 0 saturated carbocycles. The number of amides is 3. The lowest BCUT2D eigenvalue weighted by Gasteiger charge is -2.17. The predicted octanol–water partition coefficient (Wildman–Crippen LogP) is 3.11. The normalized spacial score (nSPS) is 15.8. The molecule has 0 aliphatic carbocycles. The van der Waals surface area contributed by atoms with Crippen molar-refractivity contribution < 1.29 is 33.3 Å². The fourth-order valence-corrected chi connectivity index (χ4v) is 4.29. The lowest BCUT2D eigenvalue weighted by atomic mass is 10.1. The van der Waals surface area contributed by atoms with Gasteiger partial charge in [-0.25, -0.2) is 0 Å². The molecule has 2 N–H and O–H groups in total. The zero-order valence-electron chi connectivity index (χ0n) is 20.8. The van der Waals surface area contributed by atoms with Crippen molar-refractivity contribution in [1.82, 2.24) is 5.32 Å². The molecule has 1 atom stereocenters. The minimum Gasteiger partial charge on any atom is -0.497 e. The number of carbonyl (C=O) groups excluding carboxylic acids is 3. The van der Waals surface area contributed by atoms with Gasteiger partial charge in [0.25, 0.3) is 5.91 Å². The van der Waals surface area contributed by atoms with Crippen molar-refractivity contribution in [3.8, 4) is 23.0 Å². The van der Waals surface area contributed by atoms with Crippen LogP contribution in [0.3, 0.4) is 0 Å². The average Bonchev–Trinajstić information content (AvgIpc) is 3.57. The molecule has 2 heterocycles. The Bertz CT molecular complexity index is 1340. The Balaban J connectivity index is 1.10. The summed E-state index contributed by atoms with van der Waals surface area (Å²) in [5.74, 6) is 1.40. The Labute approximate surface area is 219 Å². The summed E-state index contributed by atoms with van der Waals surface area (Å²) in [6, 6.07) is 19.4. The van der Waals surface area contributed by atoms with Gasteiger partial charge in [-0.15, -0.1) is 0 Å². The predicted molar refractivity (Wildman–Crippen MR) is 138 cm³/mol. The maximum absolute atomic E-state index is 12.7. The quantitative estimate of drug-likeness (QED) is 0.448. The summed E-state index contributed by atoms with van der Waals surface area (Å²) >= 11 is 0. The summed E-state index contributed by atoms with van der Waals surface area (Å²) in [4.78, 5) is 39.2. The lowest BCUT2D eigenvalue weighted by molar-refractivity contribution is -0.126. The molecule has 3 amide bonds. The van der Waals surface area contributed by atoms with Gasteiger partial charge < -0.3 is 34.5 Å². The second-order valence-electron chi connectivity index (χ2n) is 8.87. The van der Waals surface area contributed by atoms with Crippen molar-refractivity contribution in [2.45, 2.75) is 13.0 Å². The summed E-state index contributed by atoms with van der Waals surface area (Å²) < 4.78 is 21.4. The smallest absolute Gasteiger partial charge is 0.262 e. The number of hydrogen-bond acceptors (Lipinski definition) is 7. The molecular formula is C28H27N3O7. The lowest BCUT2D eigenvalue weighted by Crippen LogP contribution is -2.32. The van der Waals surface area contributed by atoms with Gasteiger partial charge in [0.1, 0.15) is 11.5 Å². The van der Waals surface area contributed by atoms with E-state index >= 15 is 0 Å². The van der Waals surface area contributed by atoms with Gasteiger partial charge in [0, 0.05) is 37.0 Å². The maximum atomic E-state index is 12.7. The Kier molecular flexibility index (Phi) is 7.30. The standard InChI is InChI=1S/C28H27N3O7/c1-35-23-4-2-3-20(13-23)30-26(32)16-36-22-8-6-21(7-9-22)31-15-19(12-27(31)33)28(34)29-14-18-5-10-24-25(11-18)38-17-37-24/h2-11,13,19H,12,14-17H2,1H3,(H,29,34)(H,30,32)/t19-/m1/s1. The minimum atomic E-state index is -0.451. The van der Waals surface area contributed by atoms with E-state index in [2.05, 4.69) is 10.6 Å². The van der Waals surface area contributed by atoms with Gasteiger partial charge in [0.05, 0.1) is 13.0 Å². The van der Waals surface area contributed by atoms with E-state index in [4.69, 9.17) is 18.9 Å². The first-order chi connectivity index (χ1) is 18.5. The van der Waals surface area contributed by atoms with Crippen molar-refractivity contribution in [2.75, 3.05) is 37.3 Å². The summed E-state index contributed by atoms with van der Waals surface area (Å²) in [5, 5.41) is 5.66. The molecule has 3 aromatic carbocycles. The van der Waals surface area contributed by atoms with Gasteiger partial charge in [0.2, 0.25) is 18.6 Å². The van der Waals surface area contributed by atoms with E-state index in [1.807, 2.05) is 18.2 Å². The average molecular weight is 518 g/mol. The van der Waals surface area contributed by atoms with Gasteiger partial charge >= 0.3 is 0 Å². The Morgan fingerprint density at radius 3 is 2.63 bits per heavy atom. The van der Waals surface area contributed by atoms with E-state index in [0.717, 1.165) is 5.56 Å². The Morgan fingerprint density at radius 2 is 1.82 bits per heavy atom. The highest BCUT2D eigenvalue weighted by Crippen LogP contribution is 2.32. The summed E-state index contributed by atoms with van der Waals surface area (Å²) in [6.45, 7) is 0.634. The molecule has 0 bridgehead atoms. The van der Waals surface area contributed by atoms with Crippen LogP contribution in [-0.2, 0) is 20.9 Å². The highest BCUT2D eigenvalue weighted by atomic mass is 16.7. The summed E-state index contributed by atoms with van der Waals surface area (Å²) in [5.41, 5.74) is 2.15. The molecule has 10 nitrogen and oxygen atoms in total. The molecule has 0 aromatic heterocycles. The third-order valence-electron chi connectivity index (χ3n) is 6.27. The van der Waals surface area contributed by atoms with Gasteiger partial charge in [0.15, 0.2) is 18.1 Å². The molecule has 0 unspecified atom stereocenters. The molecular weight excluding hydrogens is 490 g/mol. The highest BCUT2D eigenvalue weighted by molar-refractivity contribution is 6.00. The third-order valence-corrected chi connectivity index (χ3v) is 6.27. The molecule has 2 aliphatic heterocycles. The fourth-order valence-electron chi connectivity index (χ4n) is 4.29. The number of anilines is 2. The minimum absolute atomic E-state index is 0.125. The molecule has 0 radical (unpaired) electrons. The van der Waals surface area contributed by atoms with Crippen molar-refractivity contribution in [3.05, 3.63) is 72.3 Å². The van der Waals surface area contributed by atoms with Crippen LogP contribution in [0.5, 0.6) is 23.0 Å². The number of nitrogens with zero attached hydrogens (tertiary/aromatic N) is 1. The van der Waals surface area contributed by atoms with Crippen LogP contribution in [0.15, 0.2) is 66.7 Å². The summed E-state index contributed by atoms with van der Waals surface area (Å²) in [7, 11) is 1.56. The first-order valence-corrected chi connectivity index (χ1v) is 12.1. The number of hydrogen-bond donors (Lipinski definition) is 2. The molecule has 38 heavy (non-hydrogen) atoms.